The van der Waals surface area contributed by atoms with Crippen LogP contribution in [0.2, 0.25) is 0 Å². The molecule has 0 atom stereocenters. The maximum Gasteiger partial charge on any atom is 0.115 e. The number of phenolic OH excluding ortho intramolecular Hbond substituents is 1. The lowest BCUT2D eigenvalue weighted by Gasteiger charge is -2.01. The van der Waals surface area contributed by atoms with Crippen LogP contribution in [0, 0.1) is 0 Å². The van der Waals surface area contributed by atoms with Crippen LogP contribution in [0.3, 0.4) is 0 Å². The van der Waals surface area contributed by atoms with Crippen molar-refractivity contribution in [1.82, 2.24) is 4.98 Å². The van der Waals surface area contributed by atoms with Crippen molar-refractivity contribution < 1.29 is 5.11 Å². The molecule has 0 aliphatic rings. The summed E-state index contributed by atoms with van der Waals surface area (Å²) in [5.41, 5.74) is 2.22. The molecule has 1 N–H and O–H groups in total. The van der Waals surface area contributed by atoms with E-state index in [9.17, 15) is 5.11 Å². The lowest BCUT2D eigenvalue weighted by Crippen LogP contribution is -1.93. The molecular weight excluding hydrogens is 186 g/mol. The lowest BCUT2D eigenvalue weighted by molar-refractivity contribution is 0.474. The summed E-state index contributed by atoms with van der Waals surface area (Å²) in [6.45, 7) is 0. The maximum absolute atomic E-state index is 9.29. The van der Waals surface area contributed by atoms with Gasteiger partial charge >= 0.3 is 0 Å². The van der Waals surface area contributed by atoms with Crippen molar-refractivity contribution in [3.05, 3.63) is 59.9 Å². The van der Waals surface area contributed by atoms with Gasteiger partial charge in [0.25, 0.3) is 0 Å². The van der Waals surface area contributed by atoms with E-state index in [1.165, 1.54) is 0 Å². The highest BCUT2D eigenvalue weighted by Gasteiger charge is 1.97. The summed E-state index contributed by atoms with van der Waals surface area (Å²) in [5, 5.41) is 9.29. The van der Waals surface area contributed by atoms with Gasteiger partial charge in [0.1, 0.15) is 5.75 Å². The van der Waals surface area contributed by atoms with Crippen LogP contribution in [0.15, 0.2) is 48.7 Å². The predicted octanol–water partition coefficient (Wildman–Crippen LogP) is 2.57. The van der Waals surface area contributed by atoms with Crippen LogP contribution in [0.5, 0.6) is 5.75 Å². The van der Waals surface area contributed by atoms with E-state index in [1.54, 1.807) is 18.3 Å². The first-order valence-electron chi connectivity index (χ1n) is 5.02. The number of phenols is 1. The van der Waals surface area contributed by atoms with Gasteiger partial charge in [-0.15, -0.1) is 0 Å². The molecule has 1 aromatic carbocycles. The first-order valence-corrected chi connectivity index (χ1v) is 5.02. The fraction of sp³-hybridized carbons (Fsp3) is 0.154. The molecule has 0 aliphatic heterocycles. The first-order chi connectivity index (χ1) is 7.34. The van der Waals surface area contributed by atoms with Crippen molar-refractivity contribution in [2.45, 2.75) is 12.8 Å². The molecule has 1 heterocycles. The van der Waals surface area contributed by atoms with Crippen LogP contribution >= 0.6 is 0 Å². The van der Waals surface area contributed by atoms with Crippen LogP contribution in [-0.4, -0.2) is 10.1 Å². The van der Waals surface area contributed by atoms with Crippen molar-refractivity contribution in [2.75, 3.05) is 0 Å². The minimum Gasteiger partial charge on any atom is -0.508 e. The van der Waals surface area contributed by atoms with Crippen LogP contribution in [0.4, 0.5) is 0 Å². The summed E-state index contributed by atoms with van der Waals surface area (Å²) in [4.78, 5) is 4.25. The second-order valence-electron chi connectivity index (χ2n) is 3.49. The normalized spacial score (nSPS) is 10.1. The molecular formula is C13H13NO. The van der Waals surface area contributed by atoms with E-state index in [2.05, 4.69) is 4.98 Å². The third kappa shape index (κ3) is 2.81. The second-order valence-corrected chi connectivity index (χ2v) is 3.49. The lowest BCUT2D eigenvalue weighted by atomic mass is 10.1. The quantitative estimate of drug-likeness (QED) is 0.824. The minimum absolute atomic E-state index is 0.327. The van der Waals surface area contributed by atoms with Gasteiger partial charge in [0.15, 0.2) is 0 Å². The van der Waals surface area contributed by atoms with E-state index < -0.39 is 0 Å². The molecule has 2 aromatic rings. The summed E-state index contributed by atoms with van der Waals surface area (Å²) in [6.07, 6.45) is 3.62. The number of rotatable bonds is 3. The Morgan fingerprint density at radius 3 is 2.67 bits per heavy atom. The van der Waals surface area contributed by atoms with Gasteiger partial charge < -0.3 is 5.11 Å². The Kier molecular flexibility index (Phi) is 2.98. The SMILES string of the molecule is Oc1cccc(CCc2ccccn2)c1. The van der Waals surface area contributed by atoms with E-state index in [-0.39, 0.29) is 0 Å². The number of hydrogen-bond donors (Lipinski definition) is 1. The van der Waals surface area contributed by atoms with Crippen molar-refractivity contribution >= 4 is 0 Å². The van der Waals surface area contributed by atoms with Crippen LogP contribution < -0.4 is 0 Å². The van der Waals surface area contributed by atoms with Crippen LogP contribution in [-0.2, 0) is 12.8 Å². The zero-order chi connectivity index (χ0) is 10.5. The molecule has 0 unspecified atom stereocenters. The number of aromatic nitrogens is 1. The van der Waals surface area contributed by atoms with Gasteiger partial charge in [-0.3, -0.25) is 4.98 Å². The average Bonchev–Trinajstić information content (AvgIpc) is 2.28. The van der Waals surface area contributed by atoms with Crippen molar-refractivity contribution in [3.63, 3.8) is 0 Å². The zero-order valence-corrected chi connectivity index (χ0v) is 8.43. The summed E-state index contributed by atoms with van der Waals surface area (Å²) in [7, 11) is 0. The smallest absolute Gasteiger partial charge is 0.115 e. The van der Waals surface area contributed by atoms with Gasteiger partial charge in [-0.1, -0.05) is 18.2 Å². The topological polar surface area (TPSA) is 33.1 Å². The van der Waals surface area contributed by atoms with E-state index in [1.807, 2.05) is 30.3 Å². The second kappa shape index (κ2) is 4.60. The molecule has 0 saturated heterocycles. The third-order valence-electron chi connectivity index (χ3n) is 2.31. The number of hydrogen-bond acceptors (Lipinski definition) is 2. The van der Waals surface area contributed by atoms with Gasteiger partial charge in [0.05, 0.1) is 0 Å². The molecule has 0 fully saturated rings. The van der Waals surface area contributed by atoms with E-state index in [0.717, 1.165) is 24.1 Å². The third-order valence-corrected chi connectivity index (χ3v) is 2.31. The van der Waals surface area contributed by atoms with Crippen molar-refractivity contribution in [2.24, 2.45) is 0 Å². The fourth-order valence-electron chi connectivity index (χ4n) is 1.53. The molecule has 15 heavy (non-hydrogen) atoms. The van der Waals surface area contributed by atoms with E-state index >= 15 is 0 Å². The molecule has 0 bridgehead atoms. The molecule has 2 heteroatoms. The Hall–Kier alpha value is -1.83. The summed E-state index contributed by atoms with van der Waals surface area (Å²) in [5.74, 6) is 0.327. The van der Waals surface area contributed by atoms with Crippen molar-refractivity contribution in [1.29, 1.82) is 0 Å². The Labute approximate surface area is 89.2 Å². The Morgan fingerprint density at radius 1 is 1.00 bits per heavy atom. The van der Waals surface area contributed by atoms with Gasteiger partial charge in [-0.05, 0) is 42.7 Å². The molecule has 0 spiro atoms. The molecule has 76 valence electrons. The molecule has 0 radical (unpaired) electrons. The molecule has 2 nitrogen and oxygen atoms in total. The van der Waals surface area contributed by atoms with Crippen LogP contribution in [0.1, 0.15) is 11.3 Å². The average molecular weight is 199 g/mol. The molecule has 2 rings (SSSR count). The monoisotopic (exact) mass is 199 g/mol. The molecule has 0 aliphatic carbocycles. The minimum atomic E-state index is 0.327. The Morgan fingerprint density at radius 2 is 1.93 bits per heavy atom. The summed E-state index contributed by atoms with van der Waals surface area (Å²) >= 11 is 0. The first kappa shape index (κ1) is 9.71. The predicted molar refractivity (Wildman–Crippen MR) is 59.8 cm³/mol. The molecule has 0 amide bonds. The largest absolute Gasteiger partial charge is 0.508 e. The highest BCUT2D eigenvalue weighted by atomic mass is 16.3. The number of aryl methyl sites for hydroxylation is 2. The number of aromatic hydroxyl groups is 1. The van der Waals surface area contributed by atoms with Gasteiger partial charge in [0, 0.05) is 11.9 Å². The number of nitrogens with zero attached hydrogens (tertiary/aromatic N) is 1. The summed E-state index contributed by atoms with van der Waals surface area (Å²) < 4.78 is 0. The van der Waals surface area contributed by atoms with Crippen LogP contribution in [0.25, 0.3) is 0 Å². The Balaban J connectivity index is 1.99. The molecule has 0 saturated carbocycles. The van der Waals surface area contributed by atoms with Gasteiger partial charge in [0.2, 0.25) is 0 Å². The number of benzene rings is 1. The van der Waals surface area contributed by atoms with Gasteiger partial charge in [-0.25, -0.2) is 0 Å². The Bertz CT molecular complexity index is 426. The molecule has 1 aromatic heterocycles. The zero-order valence-electron chi connectivity index (χ0n) is 8.43. The van der Waals surface area contributed by atoms with E-state index in [4.69, 9.17) is 0 Å². The number of pyridine rings is 1. The maximum atomic E-state index is 9.29. The highest BCUT2D eigenvalue weighted by Crippen LogP contribution is 2.12. The van der Waals surface area contributed by atoms with Gasteiger partial charge in [-0.2, -0.15) is 0 Å². The van der Waals surface area contributed by atoms with Crippen molar-refractivity contribution in [3.8, 4) is 5.75 Å². The summed E-state index contributed by atoms with van der Waals surface area (Å²) in [6, 6.07) is 13.3. The fourth-order valence-corrected chi connectivity index (χ4v) is 1.53. The van der Waals surface area contributed by atoms with E-state index in [0.29, 0.717) is 5.75 Å². The standard InChI is InChI=1S/C13H13NO/c15-13-6-3-4-11(10-13)7-8-12-5-1-2-9-14-12/h1-6,9-10,15H,7-8H2. The highest BCUT2D eigenvalue weighted by molar-refractivity contribution is 5.27.